The van der Waals surface area contributed by atoms with Crippen molar-refractivity contribution in [2.75, 3.05) is 18.8 Å². The normalized spacial score (nSPS) is 15.1. The molecule has 3 heteroatoms. The molecule has 208 valence electrons. The fourth-order valence-corrected chi connectivity index (χ4v) is 5.80. The van der Waals surface area contributed by atoms with E-state index < -0.39 is 0 Å². The van der Waals surface area contributed by atoms with Gasteiger partial charge in [-0.25, -0.2) is 0 Å². The minimum absolute atomic E-state index is 0.0549. The fraction of sp³-hybridized carbons (Fsp3) is 0.417. The largest absolute Gasteiger partial charge is 0.299 e. The van der Waals surface area contributed by atoms with Crippen LogP contribution in [0.5, 0.6) is 0 Å². The van der Waals surface area contributed by atoms with Gasteiger partial charge in [0.15, 0.2) is 5.78 Å². The van der Waals surface area contributed by atoms with Crippen molar-refractivity contribution in [1.29, 1.82) is 0 Å². The van der Waals surface area contributed by atoms with E-state index >= 15 is 0 Å². The summed E-state index contributed by atoms with van der Waals surface area (Å²) in [7, 11) is 0. The van der Waals surface area contributed by atoms with Crippen molar-refractivity contribution >= 4 is 23.6 Å². The molecule has 0 spiro atoms. The zero-order chi connectivity index (χ0) is 27.9. The molecule has 0 amide bonds. The first-order valence-corrected chi connectivity index (χ1v) is 15.6. The first-order valence-electron chi connectivity index (χ1n) is 14.6. The van der Waals surface area contributed by atoms with Gasteiger partial charge in [-0.05, 0) is 109 Å². The molecule has 2 aromatic rings. The molecule has 1 aliphatic rings. The van der Waals surface area contributed by atoms with Gasteiger partial charge < -0.3 is 0 Å². The maximum absolute atomic E-state index is 12.8. The second kappa shape index (κ2) is 17.2. The highest BCUT2D eigenvalue weighted by molar-refractivity contribution is 7.99. The van der Waals surface area contributed by atoms with Crippen LogP contribution in [0.25, 0.3) is 6.08 Å². The van der Waals surface area contributed by atoms with Crippen LogP contribution in [-0.4, -0.2) is 29.5 Å². The Hall–Kier alpha value is -2.62. The number of hydrogen-bond acceptors (Lipinski definition) is 3. The van der Waals surface area contributed by atoms with Crippen molar-refractivity contribution in [3.8, 4) is 0 Å². The van der Waals surface area contributed by atoms with Crippen LogP contribution in [0.3, 0.4) is 0 Å². The molecule has 0 bridgehead atoms. The summed E-state index contributed by atoms with van der Waals surface area (Å²) in [5.41, 5.74) is 7.45. The maximum atomic E-state index is 12.8. The van der Waals surface area contributed by atoms with Crippen LogP contribution in [0.4, 0.5) is 0 Å². The van der Waals surface area contributed by atoms with Crippen molar-refractivity contribution in [2.24, 2.45) is 0 Å². The number of allylic oxidation sites excluding steroid dienone is 6. The van der Waals surface area contributed by atoms with Crippen LogP contribution < -0.4 is 0 Å². The van der Waals surface area contributed by atoms with Gasteiger partial charge in [0, 0.05) is 22.8 Å². The summed E-state index contributed by atoms with van der Waals surface area (Å²) in [6.45, 7) is 12.2. The predicted molar refractivity (Wildman–Crippen MR) is 172 cm³/mol. The van der Waals surface area contributed by atoms with E-state index in [2.05, 4.69) is 81.2 Å². The van der Waals surface area contributed by atoms with Crippen LogP contribution in [0.2, 0.25) is 0 Å². The van der Waals surface area contributed by atoms with E-state index in [0.29, 0.717) is 0 Å². The molecule has 1 heterocycles. The Balaban J connectivity index is 1.47. The third-order valence-corrected chi connectivity index (χ3v) is 8.24. The van der Waals surface area contributed by atoms with Gasteiger partial charge in [-0.1, -0.05) is 83.8 Å². The Morgan fingerprint density at radius 2 is 1.49 bits per heavy atom. The number of carbonyl (C=O) groups is 1. The number of piperidine rings is 1. The van der Waals surface area contributed by atoms with Gasteiger partial charge in [-0.2, -0.15) is 0 Å². The molecule has 1 aliphatic heterocycles. The van der Waals surface area contributed by atoms with Gasteiger partial charge in [-0.3, -0.25) is 9.69 Å². The van der Waals surface area contributed by atoms with Gasteiger partial charge in [0.05, 0.1) is 0 Å². The molecule has 0 saturated carbocycles. The lowest BCUT2D eigenvalue weighted by Gasteiger charge is -2.26. The predicted octanol–water partition coefficient (Wildman–Crippen LogP) is 10.1. The van der Waals surface area contributed by atoms with Crippen molar-refractivity contribution in [3.63, 3.8) is 0 Å². The van der Waals surface area contributed by atoms with Crippen LogP contribution in [0.1, 0.15) is 94.1 Å². The third kappa shape index (κ3) is 12.0. The van der Waals surface area contributed by atoms with E-state index in [1.165, 1.54) is 59.5 Å². The number of likely N-dealkylation sites (tertiary alicyclic amines) is 1. The van der Waals surface area contributed by atoms with Crippen molar-refractivity contribution in [1.82, 2.24) is 4.90 Å². The molecule has 0 radical (unpaired) electrons. The third-order valence-electron chi connectivity index (χ3n) is 7.22. The van der Waals surface area contributed by atoms with Crippen molar-refractivity contribution < 1.29 is 4.79 Å². The first-order chi connectivity index (χ1) is 18.9. The Morgan fingerprint density at radius 3 is 2.21 bits per heavy atom. The Kier molecular flexibility index (Phi) is 13.6. The van der Waals surface area contributed by atoms with Gasteiger partial charge in [0.2, 0.25) is 0 Å². The fourth-order valence-electron chi connectivity index (χ4n) is 4.77. The summed E-state index contributed by atoms with van der Waals surface area (Å²) in [5, 5.41) is 0. The van der Waals surface area contributed by atoms with Crippen LogP contribution in [0.15, 0.2) is 94.4 Å². The van der Waals surface area contributed by atoms with Crippen molar-refractivity contribution in [3.05, 3.63) is 106 Å². The Morgan fingerprint density at radius 1 is 0.821 bits per heavy atom. The minimum Gasteiger partial charge on any atom is -0.299 e. The lowest BCUT2D eigenvalue weighted by molar-refractivity contribution is 0.104. The summed E-state index contributed by atoms with van der Waals surface area (Å²) < 4.78 is 0. The average Bonchev–Trinajstić information content (AvgIpc) is 2.93. The molecule has 3 rings (SSSR count). The molecule has 1 saturated heterocycles. The van der Waals surface area contributed by atoms with Crippen LogP contribution in [-0.2, 0) is 6.54 Å². The Labute approximate surface area is 242 Å². The van der Waals surface area contributed by atoms with Gasteiger partial charge in [0.25, 0.3) is 0 Å². The highest BCUT2D eigenvalue weighted by atomic mass is 32.2. The van der Waals surface area contributed by atoms with E-state index in [-0.39, 0.29) is 5.78 Å². The van der Waals surface area contributed by atoms with E-state index in [1.54, 1.807) is 6.08 Å². The molecule has 1 fully saturated rings. The summed E-state index contributed by atoms with van der Waals surface area (Å²) in [6.07, 6.45) is 19.2. The number of benzene rings is 2. The summed E-state index contributed by atoms with van der Waals surface area (Å²) in [6, 6.07) is 16.5. The highest BCUT2D eigenvalue weighted by Gasteiger charge is 2.11. The second-order valence-electron chi connectivity index (χ2n) is 11.0. The number of ketones is 1. The standard InChI is InChI=1S/C36H47NOS/c1-29(2)12-10-13-30(3)14-11-15-31(4)24-27-39-36-17-7-6-16-34(36)22-23-35(38)33-20-18-32(19-21-33)28-37-25-8-5-9-26-37/h6-7,12,14,16-24H,5,8-11,13,15,25-28H2,1-4H3/b23-22+,30-14?,31-24?. The zero-order valence-electron chi connectivity index (χ0n) is 24.5. The lowest BCUT2D eigenvalue weighted by atomic mass is 10.1. The molecule has 39 heavy (non-hydrogen) atoms. The molecule has 0 aromatic heterocycles. The number of thioether (sulfide) groups is 1. The smallest absolute Gasteiger partial charge is 0.185 e. The quantitative estimate of drug-likeness (QED) is 0.103. The maximum Gasteiger partial charge on any atom is 0.185 e. The average molecular weight is 542 g/mol. The molecule has 2 nitrogen and oxygen atoms in total. The van der Waals surface area contributed by atoms with E-state index in [4.69, 9.17) is 0 Å². The molecule has 0 atom stereocenters. The molecular formula is C36H47NOS. The number of hydrogen-bond donors (Lipinski definition) is 0. The summed E-state index contributed by atoms with van der Waals surface area (Å²) >= 11 is 1.83. The SMILES string of the molecule is CC(C)=CCCC(C)=CCCC(C)=CCSc1ccccc1/C=C/C(=O)c1ccc(CN2CCCCC2)cc1. The van der Waals surface area contributed by atoms with Gasteiger partial charge in [-0.15, -0.1) is 11.8 Å². The number of carbonyl (C=O) groups excluding carboxylic acids is 1. The summed E-state index contributed by atoms with van der Waals surface area (Å²) in [4.78, 5) is 16.6. The number of rotatable bonds is 14. The Bertz CT molecular complexity index is 1160. The molecule has 0 unspecified atom stereocenters. The molecular weight excluding hydrogens is 494 g/mol. The van der Waals surface area contributed by atoms with Crippen LogP contribution in [0, 0.1) is 0 Å². The highest BCUT2D eigenvalue weighted by Crippen LogP contribution is 2.25. The van der Waals surface area contributed by atoms with Crippen LogP contribution >= 0.6 is 11.8 Å². The monoisotopic (exact) mass is 541 g/mol. The molecule has 2 aromatic carbocycles. The molecule has 0 aliphatic carbocycles. The topological polar surface area (TPSA) is 20.3 Å². The first kappa shape index (κ1) is 30.9. The zero-order valence-corrected chi connectivity index (χ0v) is 25.4. The van der Waals surface area contributed by atoms with Gasteiger partial charge in [0.1, 0.15) is 0 Å². The van der Waals surface area contributed by atoms with E-state index in [0.717, 1.165) is 49.1 Å². The molecule has 0 N–H and O–H groups in total. The summed E-state index contributed by atoms with van der Waals surface area (Å²) in [5.74, 6) is 0.992. The minimum atomic E-state index is 0.0549. The number of nitrogens with zero attached hydrogens (tertiary/aromatic N) is 1. The van der Waals surface area contributed by atoms with E-state index in [9.17, 15) is 4.79 Å². The van der Waals surface area contributed by atoms with Crippen molar-refractivity contribution in [2.45, 2.75) is 84.1 Å². The second-order valence-corrected chi connectivity index (χ2v) is 12.1. The van der Waals surface area contributed by atoms with Gasteiger partial charge >= 0.3 is 0 Å². The van der Waals surface area contributed by atoms with E-state index in [1.807, 2.05) is 36.0 Å². The lowest BCUT2D eigenvalue weighted by Crippen LogP contribution is -2.29.